The topological polar surface area (TPSA) is 72.7 Å². The molecule has 1 aromatic heterocycles. The van der Waals surface area contributed by atoms with Crippen LogP contribution in [0.15, 0.2) is 65.9 Å². The van der Waals surface area contributed by atoms with Crippen molar-refractivity contribution < 1.29 is 9.47 Å². The zero-order chi connectivity index (χ0) is 22.6. The lowest BCUT2D eigenvalue weighted by atomic mass is 10.1. The fraction of sp³-hybridized carbons (Fsp3) is 0.360. The molecule has 2 N–H and O–H groups in total. The van der Waals surface area contributed by atoms with Crippen LogP contribution in [0.1, 0.15) is 23.6 Å². The summed E-state index contributed by atoms with van der Waals surface area (Å²) in [6.07, 6.45) is 4.62. The Morgan fingerprint density at radius 1 is 1.09 bits per heavy atom. The molecule has 0 saturated carbocycles. The normalized spacial score (nSPS) is 11.1. The molecule has 0 bridgehead atoms. The molecule has 0 aliphatic carbocycles. The molecule has 2 aromatic carbocycles. The molecule has 0 atom stereocenters. The summed E-state index contributed by atoms with van der Waals surface area (Å²) in [5, 5.41) is 11.0. The van der Waals surface area contributed by atoms with E-state index in [0.29, 0.717) is 26.4 Å². The number of nitrogens with zero attached hydrogens (tertiary/aromatic N) is 3. The number of nitrogens with one attached hydrogen (secondary N) is 2. The van der Waals surface area contributed by atoms with Crippen LogP contribution in [0.2, 0.25) is 0 Å². The van der Waals surface area contributed by atoms with E-state index >= 15 is 0 Å². The second kappa shape index (κ2) is 14.5. The summed E-state index contributed by atoms with van der Waals surface area (Å²) >= 11 is 0. The van der Waals surface area contributed by atoms with Crippen LogP contribution >= 0.6 is 24.0 Å². The molecule has 0 aliphatic rings. The van der Waals surface area contributed by atoms with Gasteiger partial charge in [0, 0.05) is 44.7 Å². The molecule has 0 spiro atoms. The zero-order valence-electron chi connectivity index (χ0n) is 19.6. The second-order valence-electron chi connectivity index (χ2n) is 7.38. The Kier molecular flexibility index (Phi) is 11.7. The summed E-state index contributed by atoms with van der Waals surface area (Å²) in [6, 6.07) is 16.6. The van der Waals surface area contributed by atoms with Gasteiger partial charge in [-0.1, -0.05) is 24.3 Å². The van der Waals surface area contributed by atoms with Crippen molar-refractivity contribution in [2.24, 2.45) is 4.99 Å². The van der Waals surface area contributed by atoms with Gasteiger partial charge in [-0.3, -0.25) is 4.99 Å². The van der Waals surface area contributed by atoms with Crippen LogP contribution in [0.3, 0.4) is 0 Å². The summed E-state index contributed by atoms with van der Waals surface area (Å²) in [6.45, 7) is 7.28. The number of aromatic nitrogens is 2. The highest BCUT2D eigenvalue weighted by Crippen LogP contribution is 2.20. The molecule has 0 aliphatic heterocycles. The van der Waals surface area contributed by atoms with Crippen LogP contribution < -0.4 is 15.4 Å². The van der Waals surface area contributed by atoms with Crippen molar-refractivity contribution >= 4 is 29.9 Å². The number of guanidine groups is 1. The van der Waals surface area contributed by atoms with Crippen LogP contribution in [-0.4, -0.2) is 49.2 Å². The number of rotatable bonds is 11. The van der Waals surface area contributed by atoms with Gasteiger partial charge in [0.05, 0.1) is 12.3 Å². The molecular weight excluding hydrogens is 529 g/mol. The molecule has 0 saturated heterocycles. The fourth-order valence-electron chi connectivity index (χ4n) is 3.26. The molecule has 0 unspecified atom stereocenters. The Bertz CT molecular complexity index is 975. The lowest BCUT2D eigenvalue weighted by molar-refractivity contribution is 0.110. The highest BCUT2D eigenvalue weighted by atomic mass is 127. The smallest absolute Gasteiger partial charge is 0.191 e. The predicted octanol–water partition coefficient (Wildman–Crippen LogP) is 4.12. The maximum Gasteiger partial charge on any atom is 0.191 e. The monoisotopic (exact) mass is 563 g/mol. The first-order valence-corrected chi connectivity index (χ1v) is 11.0. The number of aryl methyl sites for hydroxylation is 1. The quantitative estimate of drug-likeness (QED) is 0.159. The van der Waals surface area contributed by atoms with Crippen molar-refractivity contribution in [3.8, 4) is 11.4 Å². The Hall–Kier alpha value is -2.59. The predicted molar refractivity (Wildman–Crippen MR) is 144 cm³/mol. The van der Waals surface area contributed by atoms with E-state index in [2.05, 4.69) is 70.1 Å². The molecule has 3 rings (SSSR count). The van der Waals surface area contributed by atoms with Crippen molar-refractivity contribution in [1.29, 1.82) is 0 Å². The summed E-state index contributed by atoms with van der Waals surface area (Å²) in [4.78, 5) is 4.34. The van der Waals surface area contributed by atoms with Gasteiger partial charge in [-0.2, -0.15) is 5.10 Å². The summed E-state index contributed by atoms with van der Waals surface area (Å²) < 4.78 is 13.2. The lowest BCUT2D eigenvalue weighted by Gasteiger charge is -2.15. The number of aliphatic imine (C=N–C) groups is 1. The molecule has 1 heterocycles. The first kappa shape index (κ1) is 26.7. The molecule has 8 heteroatoms. The third-order valence-electron chi connectivity index (χ3n) is 4.99. The third kappa shape index (κ3) is 8.70. The van der Waals surface area contributed by atoms with Gasteiger partial charge in [-0.25, -0.2) is 4.68 Å². The van der Waals surface area contributed by atoms with Gasteiger partial charge < -0.3 is 20.1 Å². The van der Waals surface area contributed by atoms with E-state index in [4.69, 9.17) is 9.47 Å². The number of ether oxygens (including phenoxy) is 2. The molecule has 178 valence electrons. The van der Waals surface area contributed by atoms with Gasteiger partial charge >= 0.3 is 0 Å². The van der Waals surface area contributed by atoms with Gasteiger partial charge in [0.25, 0.3) is 0 Å². The van der Waals surface area contributed by atoms with Crippen LogP contribution in [0.5, 0.6) is 5.75 Å². The van der Waals surface area contributed by atoms with Gasteiger partial charge in [0.2, 0.25) is 0 Å². The van der Waals surface area contributed by atoms with Crippen LogP contribution in [0.25, 0.3) is 5.69 Å². The first-order chi connectivity index (χ1) is 15.7. The molecule has 33 heavy (non-hydrogen) atoms. The fourth-order valence-corrected chi connectivity index (χ4v) is 3.26. The SMILES string of the molecule is CCOCCOc1cc(C)ccc1CNC(=NC)NCCc1ccc(-n2cccn2)cc1.I. The Morgan fingerprint density at radius 2 is 1.91 bits per heavy atom. The van der Waals surface area contributed by atoms with Crippen LogP contribution in [-0.2, 0) is 17.7 Å². The van der Waals surface area contributed by atoms with Crippen molar-refractivity contribution in [2.45, 2.75) is 26.8 Å². The highest BCUT2D eigenvalue weighted by molar-refractivity contribution is 14.0. The number of benzene rings is 2. The van der Waals surface area contributed by atoms with Gasteiger partial charge in [-0.15, -0.1) is 24.0 Å². The minimum atomic E-state index is 0. The maximum atomic E-state index is 5.93. The standard InChI is InChI=1S/C25H33N5O2.HI/c1-4-31-16-17-32-24-18-20(2)6-9-22(24)19-28-25(26-3)27-14-12-21-7-10-23(11-8-21)30-15-5-13-29-30;/h5-11,13,15,18H,4,12,14,16-17,19H2,1-3H3,(H2,26,27,28);1H. The van der Waals surface area contributed by atoms with Crippen molar-refractivity contribution in [3.63, 3.8) is 0 Å². The number of halogens is 1. The average Bonchev–Trinajstić information content (AvgIpc) is 3.35. The van der Waals surface area contributed by atoms with Gasteiger partial charge in [0.1, 0.15) is 12.4 Å². The van der Waals surface area contributed by atoms with Gasteiger partial charge in [-0.05, 0) is 55.7 Å². The van der Waals surface area contributed by atoms with E-state index in [-0.39, 0.29) is 24.0 Å². The molecule has 0 radical (unpaired) electrons. The van der Waals surface area contributed by atoms with E-state index in [1.54, 1.807) is 13.2 Å². The molecular formula is C25H34IN5O2. The maximum absolute atomic E-state index is 5.93. The molecule has 0 amide bonds. The second-order valence-corrected chi connectivity index (χ2v) is 7.38. The molecule has 7 nitrogen and oxygen atoms in total. The van der Waals surface area contributed by atoms with E-state index in [0.717, 1.165) is 35.9 Å². The average molecular weight is 563 g/mol. The highest BCUT2D eigenvalue weighted by Gasteiger charge is 2.06. The Balaban J connectivity index is 0.00000385. The first-order valence-electron chi connectivity index (χ1n) is 11.0. The van der Waals surface area contributed by atoms with Gasteiger partial charge in [0.15, 0.2) is 5.96 Å². The van der Waals surface area contributed by atoms with Crippen molar-refractivity contribution in [1.82, 2.24) is 20.4 Å². The minimum absolute atomic E-state index is 0. The van der Waals surface area contributed by atoms with Crippen molar-refractivity contribution in [2.75, 3.05) is 33.4 Å². The molecule has 0 fully saturated rings. The summed E-state index contributed by atoms with van der Waals surface area (Å²) in [5.41, 5.74) is 4.57. The van der Waals surface area contributed by atoms with Crippen LogP contribution in [0.4, 0.5) is 0 Å². The Labute approximate surface area is 213 Å². The third-order valence-corrected chi connectivity index (χ3v) is 4.99. The van der Waals surface area contributed by atoms with E-state index < -0.39 is 0 Å². The largest absolute Gasteiger partial charge is 0.491 e. The summed E-state index contributed by atoms with van der Waals surface area (Å²) in [7, 11) is 1.78. The Morgan fingerprint density at radius 3 is 2.61 bits per heavy atom. The van der Waals surface area contributed by atoms with E-state index in [1.807, 2.05) is 23.9 Å². The molecule has 3 aromatic rings. The minimum Gasteiger partial charge on any atom is -0.491 e. The number of hydrogen-bond donors (Lipinski definition) is 2. The zero-order valence-corrected chi connectivity index (χ0v) is 21.9. The number of hydrogen-bond acceptors (Lipinski definition) is 4. The van der Waals surface area contributed by atoms with Crippen LogP contribution in [0, 0.1) is 6.92 Å². The van der Waals surface area contributed by atoms with E-state index in [9.17, 15) is 0 Å². The van der Waals surface area contributed by atoms with E-state index in [1.165, 1.54) is 11.1 Å². The summed E-state index contributed by atoms with van der Waals surface area (Å²) in [5.74, 6) is 1.64. The lowest BCUT2D eigenvalue weighted by Crippen LogP contribution is -2.37. The van der Waals surface area contributed by atoms with Crippen molar-refractivity contribution in [3.05, 3.63) is 77.6 Å².